The van der Waals surface area contributed by atoms with E-state index in [1.807, 2.05) is 0 Å². The third kappa shape index (κ3) is 8.78. The van der Waals surface area contributed by atoms with Crippen LogP contribution in [-0.4, -0.2) is 18.0 Å². The second-order valence-electron chi connectivity index (χ2n) is 9.69. The van der Waals surface area contributed by atoms with E-state index in [4.69, 9.17) is 15.2 Å². The molecule has 4 rings (SSSR count). The van der Waals surface area contributed by atoms with E-state index in [1.54, 1.807) is 0 Å². The summed E-state index contributed by atoms with van der Waals surface area (Å²) in [5, 5.41) is 0. The lowest BCUT2D eigenvalue weighted by Crippen LogP contribution is -2.25. The highest BCUT2D eigenvalue weighted by atomic mass is 16.5. The van der Waals surface area contributed by atoms with E-state index in [9.17, 15) is 0 Å². The number of hydrogen-bond acceptors (Lipinski definition) is 4. The van der Waals surface area contributed by atoms with Gasteiger partial charge in [-0.1, -0.05) is 83.9 Å². The maximum absolute atomic E-state index is 5.97. The highest BCUT2D eigenvalue weighted by Crippen LogP contribution is 2.19. The van der Waals surface area contributed by atoms with E-state index in [0.717, 1.165) is 37.6 Å². The first-order chi connectivity index (χ1) is 18.1. The third-order valence-corrected chi connectivity index (χ3v) is 6.39. The van der Waals surface area contributed by atoms with Gasteiger partial charge in [-0.15, -0.1) is 0 Å². The number of hydrogen-bond donors (Lipinski definition) is 1. The SMILES string of the molecule is Cc1ccc(COc2ccc(CN(CCCN)Cc3ccc(OCc4ccc(C)cc4)cc3)cc2)cc1. The van der Waals surface area contributed by atoms with Gasteiger partial charge in [0.1, 0.15) is 24.7 Å². The Morgan fingerprint density at radius 3 is 1.30 bits per heavy atom. The number of benzene rings is 4. The topological polar surface area (TPSA) is 47.7 Å². The molecule has 4 aromatic carbocycles. The molecule has 0 aliphatic heterocycles. The fourth-order valence-electron chi connectivity index (χ4n) is 4.13. The molecule has 4 aromatic rings. The first-order valence-corrected chi connectivity index (χ1v) is 13.0. The van der Waals surface area contributed by atoms with Gasteiger partial charge in [-0.05, 0) is 73.3 Å². The van der Waals surface area contributed by atoms with Crippen molar-refractivity contribution in [1.82, 2.24) is 4.90 Å². The summed E-state index contributed by atoms with van der Waals surface area (Å²) < 4.78 is 11.9. The standard InChI is InChI=1S/C33H38N2O2/c1-26-4-8-30(9-5-26)24-36-32-16-12-28(13-17-32)22-35(21-3-20-34)23-29-14-18-33(19-15-29)37-25-31-10-6-27(2)7-11-31/h4-19H,3,20-25,34H2,1-2H3. The van der Waals surface area contributed by atoms with Gasteiger partial charge in [-0.25, -0.2) is 0 Å². The smallest absolute Gasteiger partial charge is 0.119 e. The summed E-state index contributed by atoms with van der Waals surface area (Å²) in [7, 11) is 0. The zero-order valence-electron chi connectivity index (χ0n) is 22.0. The molecule has 0 saturated carbocycles. The van der Waals surface area contributed by atoms with Crippen LogP contribution in [0.2, 0.25) is 0 Å². The molecule has 4 nitrogen and oxygen atoms in total. The molecule has 0 heterocycles. The zero-order chi connectivity index (χ0) is 25.9. The van der Waals surface area contributed by atoms with E-state index < -0.39 is 0 Å². The van der Waals surface area contributed by atoms with Crippen LogP contribution in [-0.2, 0) is 26.3 Å². The molecule has 4 heteroatoms. The molecule has 2 N–H and O–H groups in total. The molecular weight excluding hydrogens is 456 g/mol. The van der Waals surface area contributed by atoms with Crippen LogP contribution in [0.15, 0.2) is 97.1 Å². The number of aryl methyl sites for hydroxylation is 2. The van der Waals surface area contributed by atoms with Crippen molar-refractivity contribution in [3.8, 4) is 11.5 Å². The molecular formula is C33H38N2O2. The Balaban J connectivity index is 1.29. The molecule has 0 fully saturated rings. The molecule has 0 amide bonds. The summed E-state index contributed by atoms with van der Waals surface area (Å²) in [4.78, 5) is 2.44. The van der Waals surface area contributed by atoms with Gasteiger partial charge in [0.2, 0.25) is 0 Å². The highest BCUT2D eigenvalue weighted by molar-refractivity contribution is 5.30. The van der Waals surface area contributed by atoms with Crippen molar-refractivity contribution in [2.75, 3.05) is 13.1 Å². The van der Waals surface area contributed by atoms with Crippen LogP contribution in [0.3, 0.4) is 0 Å². The van der Waals surface area contributed by atoms with Gasteiger partial charge in [-0.2, -0.15) is 0 Å². The van der Waals surface area contributed by atoms with Crippen LogP contribution in [0.4, 0.5) is 0 Å². The third-order valence-electron chi connectivity index (χ3n) is 6.39. The van der Waals surface area contributed by atoms with Crippen LogP contribution in [0, 0.1) is 13.8 Å². The van der Waals surface area contributed by atoms with E-state index >= 15 is 0 Å². The Kier molecular flexibility index (Phi) is 9.75. The van der Waals surface area contributed by atoms with E-state index in [-0.39, 0.29) is 0 Å². The lowest BCUT2D eigenvalue weighted by Gasteiger charge is -2.22. The average Bonchev–Trinajstić information content (AvgIpc) is 2.92. The molecule has 0 aliphatic carbocycles. The summed E-state index contributed by atoms with van der Waals surface area (Å²) in [6.45, 7) is 8.71. The predicted octanol–water partition coefficient (Wildman–Crippen LogP) is 6.81. The predicted molar refractivity (Wildman–Crippen MR) is 152 cm³/mol. The Morgan fingerprint density at radius 1 is 0.541 bits per heavy atom. The number of ether oxygens (including phenoxy) is 2. The van der Waals surface area contributed by atoms with Gasteiger partial charge >= 0.3 is 0 Å². The van der Waals surface area contributed by atoms with Crippen LogP contribution < -0.4 is 15.2 Å². The summed E-state index contributed by atoms with van der Waals surface area (Å²) >= 11 is 0. The number of nitrogens with two attached hydrogens (primary N) is 1. The molecule has 0 bridgehead atoms. The minimum Gasteiger partial charge on any atom is -0.489 e. The van der Waals surface area contributed by atoms with Gasteiger partial charge in [0, 0.05) is 19.6 Å². The van der Waals surface area contributed by atoms with Crippen LogP contribution in [0.5, 0.6) is 11.5 Å². The normalized spacial score (nSPS) is 11.0. The molecule has 0 spiro atoms. The average molecular weight is 495 g/mol. The fraction of sp³-hybridized carbons (Fsp3) is 0.273. The molecule has 192 valence electrons. The van der Waals surface area contributed by atoms with Crippen LogP contribution in [0.1, 0.15) is 39.8 Å². The largest absolute Gasteiger partial charge is 0.489 e. The lowest BCUT2D eigenvalue weighted by molar-refractivity contribution is 0.254. The maximum atomic E-state index is 5.97. The van der Waals surface area contributed by atoms with Gasteiger partial charge < -0.3 is 15.2 Å². The van der Waals surface area contributed by atoms with Crippen molar-refractivity contribution in [2.45, 2.75) is 46.6 Å². The van der Waals surface area contributed by atoms with Gasteiger partial charge in [0.05, 0.1) is 0 Å². The fourth-order valence-corrected chi connectivity index (χ4v) is 4.13. The second kappa shape index (κ2) is 13.6. The first kappa shape index (κ1) is 26.5. The Morgan fingerprint density at radius 2 is 0.919 bits per heavy atom. The first-order valence-electron chi connectivity index (χ1n) is 13.0. The molecule has 0 radical (unpaired) electrons. The van der Waals surface area contributed by atoms with Crippen molar-refractivity contribution in [1.29, 1.82) is 0 Å². The molecule has 0 unspecified atom stereocenters. The van der Waals surface area contributed by atoms with Gasteiger partial charge in [0.15, 0.2) is 0 Å². The van der Waals surface area contributed by atoms with Crippen molar-refractivity contribution in [3.63, 3.8) is 0 Å². The zero-order valence-corrected chi connectivity index (χ0v) is 22.0. The lowest BCUT2D eigenvalue weighted by atomic mass is 10.1. The van der Waals surface area contributed by atoms with Crippen molar-refractivity contribution < 1.29 is 9.47 Å². The van der Waals surface area contributed by atoms with Crippen LogP contribution in [0.25, 0.3) is 0 Å². The van der Waals surface area contributed by atoms with E-state index in [2.05, 4.69) is 116 Å². The summed E-state index contributed by atoms with van der Waals surface area (Å²) in [6, 6.07) is 33.8. The summed E-state index contributed by atoms with van der Waals surface area (Å²) in [5.74, 6) is 1.78. The van der Waals surface area contributed by atoms with Crippen LogP contribution >= 0.6 is 0 Å². The number of nitrogens with zero attached hydrogens (tertiary/aromatic N) is 1. The summed E-state index contributed by atoms with van der Waals surface area (Å²) in [5.41, 5.74) is 13.2. The van der Waals surface area contributed by atoms with Crippen molar-refractivity contribution in [3.05, 3.63) is 130 Å². The minimum atomic E-state index is 0.576. The van der Waals surface area contributed by atoms with E-state index in [1.165, 1.54) is 33.4 Å². The van der Waals surface area contributed by atoms with Gasteiger partial charge in [0.25, 0.3) is 0 Å². The molecule has 0 atom stereocenters. The van der Waals surface area contributed by atoms with Crippen molar-refractivity contribution >= 4 is 0 Å². The molecule has 0 aliphatic rings. The summed E-state index contributed by atoms with van der Waals surface area (Å²) in [6.07, 6.45) is 0.968. The van der Waals surface area contributed by atoms with Crippen molar-refractivity contribution in [2.24, 2.45) is 5.73 Å². The highest BCUT2D eigenvalue weighted by Gasteiger charge is 2.08. The van der Waals surface area contributed by atoms with E-state index in [0.29, 0.717) is 19.8 Å². The second-order valence-corrected chi connectivity index (χ2v) is 9.69. The maximum Gasteiger partial charge on any atom is 0.119 e. The quantitative estimate of drug-likeness (QED) is 0.222. The van der Waals surface area contributed by atoms with Gasteiger partial charge in [-0.3, -0.25) is 4.90 Å². The Hall–Kier alpha value is -3.60. The molecule has 37 heavy (non-hydrogen) atoms. The minimum absolute atomic E-state index is 0.576. The molecule has 0 saturated heterocycles. The Labute approximate surface area is 221 Å². The number of rotatable bonds is 13. The molecule has 0 aromatic heterocycles. The Bertz CT molecular complexity index is 1110. The monoisotopic (exact) mass is 494 g/mol.